The van der Waals surface area contributed by atoms with Crippen LogP contribution in [0.5, 0.6) is 0 Å². The second-order valence-electron chi connectivity index (χ2n) is 23.4. The summed E-state index contributed by atoms with van der Waals surface area (Å²) in [5.41, 5.74) is 0. The highest BCUT2D eigenvalue weighted by molar-refractivity contribution is 7.45. The fraction of sp³-hybridized carbons (Fsp3) is 0.836. The van der Waals surface area contributed by atoms with Crippen molar-refractivity contribution >= 4 is 13.7 Å². The van der Waals surface area contributed by atoms with Gasteiger partial charge in [-0.15, -0.1) is 0 Å². The molecule has 1 amide bonds. The van der Waals surface area contributed by atoms with Crippen molar-refractivity contribution in [2.75, 3.05) is 40.9 Å². The Balaban J connectivity index is 3.99. The van der Waals surface area contributed by atoms with Gasteiger partial charge in [0.05, 0.1) is 39.9 Å². The lowest BCUT2D eigenvalue weighted by molar-refractivity contribution is -0.870. The molecule has 9 heteroatoms. The third kappa shape index (κ3) is 59.9. The predicted octanol–water partition coefficient (Wildman–Crippen LogP) is 19.8. The molecule has 0 aromatic rings. The van der Waals surface area contributed by atoms with Crippen LogP contribution in [0, 0.1) is 0 Å². The van der Waals surface area contributed by atoms with Gasteiger partial charge in [0.15, 0.2) is 0 Å². The Kier molecular flexibility index (Phi) is 56.5. The minimum Gasteiger partial charge on any atom is -0.756 e. The molecule has 3 unspecified atom stereocenters. The molecule has 0 aliphatic carbocycles. The Bertz CT molecular complexity index is 1420. The average molecular weight is 1090 g/mol. The fourth-order valence-electron chi connectivity index (χ4n) is 9.57. The first-order chi connectivity index (χ1) is 37.0. The van der Waals surface area contributed by atoms with Crippen LogP contribution in [0.15, 0.2) is 60.8 Å². The summed E-state index contributed by atoms with van der Waals surface area (Å²) >= 11 is 0. The number of hydrogen-bond donors (Lipinski definition) is 2. The third-order valence-electron chi connectivity index (χ3n) is 14.7. The highest BCUT2D eigenvalue weighted by Crippen LogP contribution is 2.38. The van der Waals surface area contributed by atoms with Crippen LogP contribution in [0.4, 0.5) is 0 Å². The molecule has 0 aromatic carbocycles. The van der Waals surface area contributed by atoms with Crippen LogP contribution < -0.4 is 10.2 Å². The maximum Gasteiger partial charge on any atom is 0.268 e. The number of quaternary nitrogens is 1. The number of nitrogens with one attached hydrogen (secondary N) is 1. The second-order valence-corrected chi connectivity index (χ2v) is 24.9. The van der Waals surface area contributed by atoms with Crippen LogP contribution >= 0.6 is 7.82 Å². The molecule has 0 aliphatic heterocycles. The van der Waals surface area contributed by atoms with E-state index >= 15 is 0 Å². The molecular weight excluding hydrogens is 960 g/mol. The van der Waals surface area contributed by atoms with Gasteiger partial charge in [-0.1, -0.05) is 286 Å². The number of carbonyl (C=O) groups excluding carboxylic acids is 1. The Morgan fingerprint density at radius 3 is 1.14 bits per heavy atom. The van der Waals surface area contributed by atoms with E-state index < -0.39 is 26.6 Å². The summed E-state index contributed by atoms with van der Waals surface area (Å²) in [7, 11) is 1.24. The largest absolute Gasteiger partial charge is 0.756 e. The van der Waals surface area contributed by atoms with Gasteiger partial charge in [0, 0.05) is 6.42 Å². The topological polar surface area (TPSA) is 108 Å². The van der Waals surface area contributed by atoms with E-state index in [2.05, 4.69) is 67.8 Å². The van der Waals surface area contributed by atoms with Crippen molar-refractivity contribution in [2.45, 2.75) is 321 Å². The highest BCUT2D eigenvalue weighted by Gasteiger charge is 2.23. The lowest BCUT2D eigenvalue weighted by atomic mass is 10.0. The van der Waals surface area contributed by atoms with Crippen LogP contribution in [0.1, 0.15) is 309 Å². The first kappa shape index (κ1) is 74.2. The van der Waals surface area contributed by atoms with Crippen LogP contribution in [0.3, 0.4) is 0 Å². The summed E-state index contributed by atoms with van der Waals surface area (Å²) in [6, 6.07) is -0.910. The van der Waals surface area contributed by atoms with Crippen molar-refractivity contribution in [3.63, 3.8) is 0 Å². The van der Waals surface area contributed by atoms with Crippen molar-refractivity contribution < 1.29 is 32.9 Å². The summed E-state index contributed by atoms with van der Waals surface area (Å²) in [5, 5.41) is 13.9. The van der Waals surface area contributed by atoms with Crippen molar-refractivity contribution in [1.29, 1.82) is 0 Å². The number of nitrogens with zero attached hydrogens (tertiary/aromatic N) is 1. The molecule has 0 radical (unpaired) electrons. The number of aliphatic hydroxyl groups excluding tert-OH is 1. The quantitative estimate of drug-likeness (QED) is 0.0272. The zero-order valence-electron chi connectivity index (χ0n) is 51.0. The Hall–Kier alpha value is -1.80. The van der Waals surface area contributed by atoms with Gasteiger partial charge in [0.25, 0.3) is 7.82 Å². The summed E-state index contributed by atoms with van der Waals surface area (Å²) in [5.74, 6) is -0.207. The van der Waals surface area contributed by atoms with Crippen molar-refractivity contribution in [3.8, 4) is 0 Å². The molecule has 0 fully saturated rings. The van der Waals surface area contributed by atoms with E-state index in [4.69, 9.17) is 9.05 Å². The summed E-state index contributed by atoms with van der Waals surface area (Å²) < 4.78 is 23.3. The first-order valence-corrected chi connectivity index (χ1v) is 34.1. The zero-order chi connectivity index (χ0) is 55.6. The van der Waals surface area contributed by atoms with E-state index in [1.807, 2.05) is 27.2 Å². The zero-order valence-corrected chi connectivity index (χ0v) is 51.9. The van der Waals surface area contributed by atoms with Gasteiger partial charge in [0.2, 0.25) is 5.91 Å². The van der Waals surface area contributed by atoms with Crippen molar-refractivity contribution in [3.05, 3.63) is 60.8 Å². The summed E-state index contributed by atoms with van der Waals surface area (Å²) in [4.78, 5) is 25.5. The van der Waals surface area contributed by atoms with Crippen LogP contribution in [0.25, 0.3) is 0 Å². The van der Waals surface area contributed by atoms with E-state index in [9.17, 15) is 19.4 Å². The molecule has 3 atom stereocenters. The molecular formula is C67H127N2O6P. The molecule has 0 heterocycles. The van der Waals surface area contributed by atoms with E-state index in [-0.39, 0.29) is 12.5 Å². The third-order valence-corrected chi connectivity index (χ3v) is 15.6. The molecule has 0 bridgehead atoms. The first-order valence-electron chi connectivity index (χ1n) is 32.7. The SMILES string of the molecule is CCCCCCC/C=C\C/C=C\CCCCCCCCCCCCCCCCCCCCCCCCCCCC(=O)NC(COP(=O)([O-])OCC[N+](C)(C)C)C(O)/C=C/CC/C=C/CC/C=C/CCCCCCCCC. The standard InChI is InChI=1S/C67H127N2O6P/c1-6-8-10-12-14-16-18-20-22-24-25-26-27-28-29-30-31-32-33-34-35-36-37-38-39-40-41-42-43-45-47-49-51-53-55-57-59-61-67(71)68-65(64-75-76(72,73)74-63-62-69(3,4)5)66(70)60-58-56-54-52-50-48-46-44-23-21-19-17-15-13-11-9-7-2/h18,20,23-25,44,50,52,58,60,65-66,70H,6-17,19,21-22,26-43,45-49,51,53-57,59,61-64H2,1-5H3,(H-,68,71,72,73)/b20-18-,25-24-,44-23+,52-50+,60-58+. The molecule has 0 aromatic heterocycles. The highest BCUT2D eigenvalue weighted by atomic mass is 31.2. The molecule has 8 nitrogen and oxygen atoms in total. The van der Waals surface area contributed by atoms with Crippen molar-refractivity contribution in [1.82, 2.24) is 5.32 Å². The molecule has 446 valence electrons. The molecule has 2 N–H and O–H groups in total. The molecule has 0 saturated heterocycles. The van der Waals surface area contributed by atoms with Crippen LogP contribution in [-0.2, 0) is 18.4 Å². The van der Waals surface area contributed by atoms with Gasteiger partial charge < -0.3 is 28.8 Å². The van der Waals surface area contributed by atoms with Gasteiger partial charge >= 0.3 is 0 Å². The number of likely N-dealkylation sites (N-methyl/N-ethyl adjacent to an activating group) is 1. The number of phosphoric acid groups is 1. The molecule has 0 rings (SSSR count). The molecule has 0 aliphatic rings. The smallest absolute Gasteiger partial charge is 0.268 e. The Morgan fingerprint density at radius 1 is 0.461 bits per heavy atom. The summed E-state index contributed by atoms with van der Waals surface area (Å²) in [6.07, 6.45) is 79.1. The van der Waals surface area contributed by atoms with Gasteiger partial charge in [-0.25, -0.2) is 0 Å². The number of aliphatic hydroxyl groups is 1. The van der Waals surface area contributed by atoms with Crippen LogP contribution in [0.2, 0.25) is 0 Å². The monoisotopic (exact) mass is 1090 g/mol. The van der Waals surface area contributed by atoms with E-state index in [1.165, 1.54) is 238 Å². The van der Waals surface area contributed by atoms with E-state index in [0.29, 0.717) is 17.4 Å². The Morgan fingerprint density at radius 2 is 0.776 bits per heavy atom. The number of allylic oxidation sites excluding steroid dienone is 9. The minimum atomic E-state index is -4.61. The van der Waals surface area contributed by atoms with Crippen molar-refractivity contribution in [2.24, 2.45) is 0 Å². The van der Waals surface area contributed by atoms with Gasteiger partial charge in [-0.3, -0.25) is 9.36 Å². The predicted molar refractivity (Wildman–Crippen MR) is 330 cm³/mol. The lowest BCUT2D eigenvalue weighted by Gasteiger charge is -2.29. The average Bonchev–Trinajstić information content (AvgIpc) is 3.38. The number of amides is 1. The maximum atomic E-state index is 13.0. The number of rotatable bonds is 60. The van der Waals surface area contributed by atoms with Gasteiger partial charge in [-0.2, -0.15) is 0 Å². The van der Waals surface area contributed by atoms with E-state index in [1.54, 1.807) is 6.08 Å². The lowest BCUT2D eigenvalue weighted by Crippen LogP contribution is -2.45. The molecule has 0 saturated carbocycles. The summed E-state index contributed by atoms with van der Waals surface area (Å²) in [6.45, 7) is 4.63. The maximum absolute atomic E-state index is 13.0. The minimum absolute atomic E-state index is 0.00874. The number of hydrogen-bond acceptors (Lipinski definition) is 6. The number of carbonyl (C=O) groups is 1. The van der Waals surface area contributed by atoms with Gasteiger partial charge in [-0.05, 0) is 77.0 Å². The number of unbranched alkanes of at least 4 members (excludes halogenated alkanes) is 39. The number of phosphoric ester groups is 1. The fourth-order valence-corrected chi connectivity index (χ4v) is 10.3. The van der Waals surface area contributed by atoms with E-state index in [0.717, 1.165) is 51.4 Å². The van der Waals surface area contributed by atoms with Gasteiger partial charge in [0.1, 0.15) is 13.2 Å². The molecule has 76 heavy (non-hydrogen) atoms. The second kappa shape index (κ2) is 57.9. The normalized spacial score (nSPS) is 14.1. The Labute approximate surface area is 472 Å². The van der Waals surface area contributed by atoms with Crippen LogP contribution in [-0.4, -0.2) is 68.5 Å². The molecule has 0 spiro atoms.